The molecule has 202 valence electrons. The van der Waals surface area contributed by atoms with Gasteiger partial charge in [-0.15, -0.1) is 10.2 Å². The van der Waals surface area contributed by atoms with Gasteiger partial charge in [-0.2, -0.15) is 0 Å². The summed E-state index contributed by atoms with van der Waals surface area (Å²) in [4.78, 5) is 21.3. The van der Waals surface area contributed by atoms with E-state index in [4.69, 9.17) is 5.73 Å². The van der Waals surface area contributed by atoms with Gasteiger partial charge >= 0.3 is 0 Å². The molecule has 4 aliphatic heterocycles. The number of hydrogen-bond donors (Lipinski definition) is 3. The number of carbonyl (C=O) groups is 1. The van der Waals surface area contributed by atoms with Crippen LogP contribution in [-0.4, -0.2) is 113 Å². The number of nitrogens with zero attached hydrogens (tertiary/aromatic N) is 6. The third kappa shape index (κ3) is 4.28. The quantitative estimate of drug-likeness (QED) is 0.537. The van der Waals surface area contributed by atoms with Crippen LogP contribution in [0.25, 0.3) is 11.3 Å². The average Bonchev–Trinajstić information content (AvgIpc) is 2.87. The maximum atomic E-state index is 11.2. The lowest BCUT2D eigenvalue weighted by atomic mass is 9.59. The molecule has 5 aliphatic rings. The maximum absolute atomic E-state index is 11.2. The van der Waals surface area contributed by atoms with Gasteiger partial charge in [0.25, 0.3) is 0 Å². The van der Waals surface area contributed by atoms with Crippen molar-refractivity contribution >= 4 is 17.4 Å². The molecule has 38 heavy (non-hydrogen) atoms. The monoisotopic (exact) mass is 518 g/mol. The van der Waals surface area contributed by atoms with Crippen molar-refractivity contribution in [2.24, 2.45) is 11.1 Å². The Morgan fingerprint density at radius 3 is 2.58 bits per heavy atom. The zero-order chi connectivity index (χ0) is 25.9. The number of carbonyl (C=O) groups excluding carboxylic acids is 1. The van der Waals surface area contributed by atoms with Crippen LogP contribution in [0.5, 0.6) is 5.75 Å². The first kappa shape index (κ1) is 24.1. The standard InChI is InChI=1S/C28H38N8O2/c29-26(38)16-33-7-5-19(6-8-33)35-17-28(18-35)12-20(13-28)34-9-10-36-21(15-34)14-30-27-24(36)11-23(31-32-27)22-3-1-2-4-25(22)37/h1-4,11,19-21,37H,5-10,12-18H2,(H2,29,38)(H,30,32)/t21-/m0/s1. The number of nitrogens with one attached hydrogen (secondary N) is 1. The number of amides is 1. The molecule has 4 N–H and O–H groups in total. The summed E-state index contributed by atoms with van der Waals surface area (Å²) >= 11 is 0. The molecule has 1 saturated carbocycles. The smallest absolute Gasteiger partial charge is 0.231 e. The van der Waals surface area contributed by atoms with E-state index in [0.717, 1.165) is 63.6 Å². The summed E-state index contributed by atoms with van der Waals surface area (Å²) in [6.45, 7) is 8.89. The van der Waals surface area contributed by atoms with Crippen LogP contribution in [0.4, 0.5) is 11.5 Å². The number of hydrogen-bond acceptors (Lipinski definition) is 9. The van der Waals surface area contributed by atoms with Crippen LogP contribution in [0, 0.1) is 5.41 Å². The van der Waals surface area contributed by atoms with E-state index in [9.17, 15) is 9.90 Å². The Labute approximate surface area is 223 Å². The number of benzene rings is 1. The van der Waals surface area contributed by atoms with Gasteiger partial charge in [-0.3, -0.25) is 19.5 Å². The van der Waals surface area contributed by atoms with Crippen molar-refractivity contribution in [2.45, 2.75) is 43.8 Å². The lowest BCUT2D eigenvalue weighted by molar-refractivity contribution is -0.133. The molecule has 4 fully saturated rings. The number of likely N-dealkylation sites (tertiary alicyclic amines) is 2. The Morgan fingerprint density at radius 1 is 1.03 bits per heavy atom. The number of fused-ring (bicyclic) bond motifs is 3. The number of phenols is 1. The van der Waals surface area contributed by atoms with Crippen molar-refractivity contribution in [3.63, 3.8) is 0 Å². The zero-order valence-electron chi connectivity index (χ0n) is 21.9. The molecule has 1 spiro atoms. The Balaban J connectivity index is 0.927. The van der Waals surface area contributed by atoms with Gasteiger partial charge in [0.2, 0.25) is 5.91 Å². The molecule has 10 heteroatoms. The molecule has 3 saturated heterocycles. The Morgan fingerprint density at radius 2 is 1.82 bits per heavy atom. The van der Waals surface area contributed by atoms with E-state index in [0.29, 0.717) is 41.3 Å². The number of para-hydroxylation sites is 1. The number of rotatable bonds is 5. The highest BCUT2D eigenvalue weighted by Gasteiger charge is 2.55. The first-order valence-electron chi connectivity index (χ1n) is 14.1. The highest BCUT2D eigenvalue weighted by Crippen LogP contribution is 2.52. The van der Waals surface area contributed by atoms with E-state index in [1.165, 1.54) is 25.9 Å². The molecule has 0 radical (unpaired) electrons. The second-order valence-electron chi connectivity index (χ2n) is 12.1. The second-order valence-corrected chi connectivity index (χ2v) is 12.1. The van der Waals surface area contributed by atoms with Crippen LogP contribution in [0.1, 0.15) is 25.7 Å². The molecular formula is C28H38N8O2. The number of nitrogens with two attached hydrogens (primary N) is 1. The predicted molar refractivity (Wildman–Crippen MR) is 146 cm³/mol. The minimum absolute atomic E-state index is 0.216. The molecule has 10 nitrogen and oxygen atoms in total. The molecule has 1 aromatic carbocycles. The molecule has 2 aromatic rings. The summed E-state index contributed by atoms with van der Waals surface area (Å²) in [7, 11) is 0. The maximum Gasteiger partial charge on any atom is 0.231 e. The normalized spacial score (nSPS) is 26.2. The van der Waals surface area contributed by atoms with Crippen LogP contribution < -0.4 is 16.0 Å². The van der Waals surface area contributed by atoms with Gasteiger partial charge in [0.15, 0.2) is 5.82 Å². The molecule has 1 aromatic heterocycles. The van der Waals surface area contributed by atoms with Gasteiger partial charge in [-0.1, -0.05) is 12.1 Å². The number of piperidine rings is 1. The van der Waals surface area contributed by atoms with E-state index in [1.54, 1.807) is 6.07 Å². The summed E-state index contributed by atoms with van der Waals surface area (Å²) in [6.07, 6.45) is 4.95. The summed E-state index contributed by atoms with van der Waals surface area (Å²) in [6, 6.07) is 11.2. The molecule has 1 amide bonds. The number of aromatic nitrogens is 2. The van der Waals surface area contributed by atoms with Gasteiger partial charge in [0, 0.05) is 70.0 Å². The van der Waals surface area contributed by atoms with Gasteiger partial charge in [0.05, 0.1) is 24.0 Å². The van der Waals surface area contributed by atoms with Gasteiger partial charge in [-0.25, -0.2) is 0 Å². The van der Waals surface area contributed by atoms with E-state index in [-0.39, 0.29) is 11.7 Å². The summed E-state index contributed by atoms with van der Waals surface area (Å²) in [5.74, 6) is 0.854. The molecule has 0 bridgehead atoms. The highest BCUT2D eigenvalue weighted by atomic mass is 16.3. The topological polar surface area (TPSA) is 114 Å². The fourth-order valence-electron chi connectivity index (χ4n) is 7.66. The number of phenolic OH excluding ortho intramolecular Hbond substituents is 1. The Kier molecular flexibility index (Phi) is 5.94. The third-order valence-electron chi connectivity index (χ3n) is 9.67. The molecule has 1 aliphatic carbocycles. The van der Waals surface area contributed by atoms with Crippen molar-refractivity contribution in [3.8, 4) is 17.0 Å². The molecule has 1 atom stereocenters. The fourth-order valence-corrected chi connectivity index (χ4v) is 7.66. The molecule has 5 heterocycles. The van der Waals surface area contributed by atoms with Crippen LogP contribution in [0.2, 0.25) is 0 Å². The van der Waals surface area contributed by atoms with Crippen LogP contribution >= 0.6 is 0 Å². The van der Waals surface area contributed by atoms with Crippen molar-refractivity contribution in [1.82, 2.24) is 24.9 Å². The Hall–Kier alpha value is -2.95. The van der Waals surface area contributed by atoms with Crippen molar-refractivity contribution in [3.05, 3.63) is 30.3 Å². The lowest BCUT2D eigenvalue weighted by Crippen LogP contribution is -2.70. The first-order chi connectivity index (χ1) is 18.5. The van der Waals surface area contributed by atoms with Crippen molar-refractivity contribution < 1.29 is 9.90 Å². The predicted octanol–water partition coefficient (Wildman–Crippen LogP) is 1.18. The van der Waals surface area contributed by atoms with E-state index < -0.39 is 0 Å². The molecule has 0 unspecified atom stereocenters. The third-order valence-corrected chi connectivity index (χ3v) is 9.67. The average molecular weight is 519 g/mol. The molecule has 7 rings (SSSR count). The SMILES string of the molecule is NC(=O)CN1CCC(N2CC3(CC(N4CCN5c6cc(-c7ccccc7O)nnc6NC[C@H]5C4)C3)C2)CC1. The van der Waals surface area contributed by atoms with Crippen molar-refractivity contribution in [1.29, 1.82) is 0 Å². The summed E-state index contributed by atoms with van der Waals surface area (Å²) < 4.78 is 0. The van der Waals surface area contributed by atoms with Gasteiger partial charge < -0.3 is 21.1 Å². The molecular weight excluding hydrogens is 480 g/mol. The van der Waals surface area contributed by atoms with Crippen LogP contribution in [0.15, 0.2) is 30.3 Å². The second kappa shape index (κ2) is 9.36. The van der Waals surface area contributed by atoms with Crippen molar-refractivity contribution in [2.75, 3.05) is 69.1 Å². The van der Waals surface area contributed by atoms with Crippen LogP contribution in [0.3, 0.4) is 0 Å². The number of aromatic hydroxyl groups is 1. The van der Waals surface area contributed by atoms with E-state index >= 15 is 0 Å². The minimum atomic E-state index is -0.216. The zero-order valence-corrected chi connectivity index (χ0v) is 21.9. The Bertz CT molecular complexity index is 1200. The number of piperazine rings is 1. The summed E-state index contributed by atoms with van der Waals surface area (Å²) in [5.41, 5.74) is 8.42. The summed E-state index contributed by atoms with van der Waals surface area (Å²) in [5, 5.41) is 22.6. The number of anilines is 2. The van der Waals surface area contributed by atoms with E-state index in [1.807, 2.05) is 18.2 Å². The number of primary amides is 1. The van der Waals surface area contributed by atoms with Gasteiger partial charge in [0.1, 0.15) is 5.75 Å². The first-order valence-corrected chi connectivity index (χ1v) is 14.1. The fraction of sp³-hybridized carbons (Fsp3) is 0.607. The van der Waals surface area contributed by atoms with Gasteiger partial charge in [-0.05, 0) is 49.3 Å². The minimum Gasteiger partial charge on any atom is -0.507 e. The highest BCUT2D eigenvalue weighted by molar-refractivity contribution is 5.77. The van der Waals surface area contributed by atoms with Crippen LogP contribution in [-0.2, 0) is 4.79 Å². The lowest BCUT2D eigenvalue weighted by Gasteiger charge is -2.64. The largest absolute Gasteiger partial charge is 0.507 e. The van der Waals surface area contributed by atoms with E-state index in [2.05, 4.69) is 41.2 Å².